The van der Waals surface area contributed by atoms with E-state index >= 15 is 0 Å². The fourth-order valence-electron chi connectivity index (χ4n) is 3.55. The molecule has 7 heteroatoms. The van der Waals surface area contributed by atoms with Crippen LogP contribution in [0, 0.1) is 0 Å². The number of nitrogens with one attached hydrogen (secondary N) is 2. The van der Waals surface area contributed by atoms with Crippen LogP contribution in [0.2, 0.25) is 0 Å². The Bertz CT molecular complexity index is 911. The molecule has 0 radical (unpaired) electrons. The molecular weight excluding hydrogens is 368 g/mol. The SMILES string of the molecule is CNC(=O)c1ccc(CN(C)CC(=O)N2c3ccccc3NC(=O)C[C@H]2C)cc1. The quantitative estimate of drug-likeness (QED) is 0.815. The molecule has 0 saturated carbocycles. The van der Waals surface area contributed by atoms with E-state index in [-0.39, 0.29) is 36.7 Å². The van der Waals surface area contributed by atoms with E-state index in [1.54, 1.807) is 24.1 Å². The zero-order chi connectivity index (χ0) is 21.0. The lowest BCUT2D eigenvalue weighted by molar-refractivity contribution is -0.120. The number of nitrogens with zero attached hydrogens (tertiary/aromatic N) is 2. The van der Waals surface area contributed by atoms with Crippen LogP contribution in [0.5, 0.6) is 0 Å². The first-order chi connectivity index (χ1) is 13.9. The Morgan fingerprint density at radius 2 is 1.86 bits per heavy atom. The van der Waals surface area contributed by atoms with Crippen LogP contribution >= 0.6 is 0 Å². The lowest BCUT2D eigenvalue weighted by atomic mass is 10.1. The summed E-state index contributed by atoms with van der Waals surface area (Å²) in [5.41, 5.74) is 2.98. The van der Waals surface area contributed by atoms with Crippen LogP contribution in [0.25, 0.3) is 0 Å². The number of hydrogen-bond acceptors (Lipinski definition) is 4. The minimum atomic E-state index is -0.230. The molecule has 1 heterocycles. The number of carbonyl (C=O) groups excluding carboxylic acids is 3. The number of carbonyl (C=O) groups is 3. The van der Waals surface area contributed by atoms with Gasteiger partial charge in [-0.2, -0.15) is 0 Å². The monoisotopic (exact) mass is 394 g/mol. The third-order valence-electron chi connectivity index (χ3n) is 4.93. The summed E-state index contributed by atoms with van der Waals surface area (Å²) >= 11 is 0. The number of benzene rings is 2. The molecule has 3 rings (SSSR count). The van der Waals surface area contributed by atoms with Crippen LogP contribution in [-0.4, -0.2) is 49.3 Å². The maximum absolute atomic E-state index is 13.1. The van der Waals surface area contributed by atoms with Gasteiger partial charge in [-0.3, -0.25) is 19.3 Å². The highest BCUT2D eigenvalue weighted by atomic mass is 16.2. The highest BCUT2D eigenvalue weighted by Gasteiger charge is 2.29. The zero-order valence-electron chi connectivity index (χ0n) is 16.9. The lowest BCUT2D eigenvalue weighted by Crippen LogP contribution is -2.44. The maximum atomic E-state index is 13.1. The molecule has 2 aromatic rings. The Hall–Kier alpha value is -3.19. The number of rotatable bonds is 5. The molecule has 7 nitrogen and oxygen atoms in total. The lowest BCUT2D eigenvalue weighted by Gasteiger charge is -2.29. The van der Waals surface area contributed by atoms with E-state index in [1.165, 1.54) is 0 Å². The summed E-state index contributed by atoms with van der Waals surface area (Å²) in [4.78, 5) is 40.5. The molecule has 2 N–H and O–H groups in total. The van der Waals surface area contributed by atoms with Crippen LogP contribution in [-0.2, 0) is 16.1 Å². The smallest absolute Gasteiger partial charge is 0.251 e. The average molecular weight is 394 g/mol. The zero-order valence-corrected chi connectivity index (χ0v) is 16.9. The number of fused-ring (bicyclic) bond motifs is 1. The summed E-state index contributed by atoms with van der Waals surface area (Å²) in [6.45, 7) is 2.67. The van der Waals surface area contributed by atoms with Crippen molar-refractivity contribution < 1.29 is 14.4 Å². The van der Waals surface area contributed by atoms with E-state index in [0.29, 0.717) is 17.8 Å². The standard InChI is InChI=1S/C22H26N4O3/c1-15-12-20(27)24-18-6-4-5-7-19(18)26(15)21(28)14-25(3)13-16-8-10-17(11-9-16)22(29)23-2/h4-11,15H,12-14H2,1-3H3,(H,23,29)(H,24,27)/t15-/m1/s1. The average Bonchev–Trinajstić information content (AvgIpc) is 2.81. The fourth-order valence-corrected chi connectivity index (χ4v) is 3.55. The predicted octanol–water partition coefficient (Wildman–Crippen LogP) is 2.24. The Kier molecular flexibility index (Phi) is 6.29. The van der Waals surface area contributed by atoms with Crippen LogP contribution in [0.4, 0.5) is 11.4 Å². The van der Waals surface area contributed by atoms with E-state index in [2.05, 4.69) is 10.6 Å². The van der Waals surface area contributed by atoms with Crippen molar-refractivity contribution in [3.05, 3.63) is 59.7 Å². The molecule has 0 bridgehead atoms. The third kappa shape index (κ3) is 4.81. The maximum Gasteiger partial charge on any atom is 0.251 e. The molecule has 1 aliphatic heterocycles. The second-order valence-electron chi connectivity index (χ2n) is 7.33. The van der Waals surface area contributed by atoms with Gasteiger partial charge in [0.25, 0.3) is 5.91 Å². The molecule has 1 aliphatic rings. The van der Waals surface area contributed by atoms with Gasteiger partial charge in [-0.1, -0.05) is 24.3 Å². The molecule has 0 fully saturated rings. The summed E-state index contributed by atoms with van der Waals surface area (Å²) in [7, 11) is 3.48. The Balaban J connectivity index is 1.70. The number of likely N-dealkylation sites (N-methyl/N-ethyl adjacent to an activating group) is 1. The van der Waals surface area contributed by atoms with Crippen LogP contribution in [0.3, 0.4) is 0 Å². The largest absolute Gasteiger partial charge is 0.355 e. The van der Waals surface area contributed by atoms with Crippen molar-refractivity contribution in [2.75, 3.05) is 30.9 Å². The predicted molar refractivity (Wildman–Crippen MR) is 113 cm³/mol. The minimum absolute atomic E-state index is 0.0640. The van der Waals surface area contributed by atoms with Gasteiger partial charge in [0.15, 0.2) is 0 Å². The van der Waals surface area contributed by atoms with Crippen molar-refractivity contribution in [3.63, 3.8) is 0 Å². The molecule has 1 atom stereocenters. The molecule has 0 aromatic heterocycles. The van der Waals surface area contributed by atoms with Crippen LogP contribution in [0.1, 0.15) is 29.3 Å². The molecule has 0 unspecified atom stereocenters. The number of amides is 3. The normalized spacial score (nSPS) is 16.1. The molecule has 0 aliphatic carbocycles. The summed E-state index contributed by atoms with van der Waals surface area (Å²) in [5.74, 6) is -0.284. The van der Waals surface area contributed by atoms with Crippen molar-refractivity contribution in [1.29, 1.82) is 0 Å². The highest BCUT2D eigenvalue weighted by molar-refractivity contribution is 6.04. The van der Waals surface area contributed by atoms with Gasteiger partial charge in [0, 0.05) is 31.6 Å². The van der Waals surface area contributed by atoms with Gasteiger partial charge in [0.1, 0.15) is 0 Å². The van der Waals surface area contributed by atoms with E-state index in [0.717, 1.165) is 11.3 Å². The Morgan fingerprint density at radius 3 is 2.55 bits per heavy atom. The molecular formula is C22H26N4O3. The second kappa shape index (κ2) is 8.87. The summed E-state index contributed by atoms with van der Waals surface area (Å²) in [5, 5.41) is 5.47. The van der Waals surface area contributed by atoms with E-state index < -0.39 is 0 Å². The summed E-state index contributed by atoms with van der Waals surface area (Å²) < 4.78 is 0. The first-order valence-corrected chi connectivity index (χ1v) is 9.59. The highest BCUT2D eigenvalue weighted by Crippen LogP contribution is 2.31. The van der Waals surface area contributed by atoms with E-state index in [9.17, 15) is 14.4 Å². The van der Waals surface area contributed by atoms with Gasteiger partial charge in [0.05, 0.1) is 17.9 Å². The van der Waals surface area contributed by atoms with Crippen molar-refractivity contribution in [1.82, 2.24) is 10.2 Å². The number of anilines is 2. The van der Waals surface area contributed by atoms with Crippen LogP contribution < -0.4 is 15.5 Å². The fraction of sp³-hybridized carbons (Fsp3) is 0.318. The van der Waals surface area contributed by atoms with Gasteiger partial charge < -0.3 is 15.5 Å². The van der Waals surface area contributed by atoms with Crippen molar-refractivity contribution in [2.45, 2.75) is 25.9 Å². The van der Waals surface area contributed by atoms with Crippen molar-refractivity contribution >= 4 is 29.1 Å². The number of para-hydroxylation sites is 2. The van der Waals surface area contributed by atoms with Gasteiger partial charge in [0.2, 0.25) is 11.8 Å². The minimum Gasteiger partial charge on any atom is -0.355 e. The molecule has 2 aromatic carbocycles. The molecule has 0 spiro atoms. The molecule has 152 valence electrons. The van der Waals surface area contributed by atoms with Gasteiger partial charge >= 0.3 is 0 Å². The first-order valence-electron chi connectivity index (χ1n) is 9.59. The number of hydrogen-bond donors (Lipinski definition) is 2. The first kappa shape index (κ1) is 20.5. The van der Waals surface area contributed by atoms with Crippen molar-refractivity contribution in [3.8, 4) is 0 Å². The summed E-state index contributed by atoms with van der Waals surface area (Å²) in [6, 6.07) is 14.5. The van der Waals surface area contributed by atoms with E-state index in [4.69, 9.17) is 0 Å². The van der Waals surface area contributed by atoms with Gasteiger partial charge in [-0.15, -0.1) is 0 Å². The Labute approximate surface area is 170 Å². The Morgan fingerprint density at radius 1 is 1.17 bits per heavy atom. The molecule has 3 amide bonds. The van der Waals surface area contributed by atoms with E-state index in [1.807, 2.05) is 55.3 Å². The molecule has 29 heavy (non-hydrogen) atoms. The van der Waals surface area contributed by atoms with Crippen molar-refractivity contribution in [2.24, 2.45) is 0 Å². The third-order valence-corrected chi connectivity index (χ3v) is 4.93. The van der Waals surface area contributed by atoms with Gasteiger partial charge in [-0.25, -0.2) is 0 Å². The second-order valence-corrected chi connectivity index (χ2v) is 7.33. The van der Waals surface area contributed by atoms with Gasteiger partial charge in [-0.05, 0) is 43.8 Å². The van der Waals surface area contributed by atoms with Crippen LogP contribution in [0.15, 0.2) is 48.5 Å². The summed E-state index contributed by atoms with van der Waals surface area (Å²) in [6.07, 6.45) is 0.255. The molecule has 0 saturated heterocycles. The topological polar surface area (TPSA) is 81.8 Å².